The van der Waals surface area contributed by atoms with Crippen LogP contribution in [0, 0.1) is 11.8 Å². The van der Waals surface area contributed by atoms with E-state index in [1.165, 1.54) is 5.56 Å². The predicted molar refractivity (Wildman–Crippen MR) is 209 cm³/mol. The van der Waals surface area contributed by atoms with E-state index in [1.54, 1.807) is 68.9 Å². The van der Waals surface area contributed by atoms with Gasteiger partial charge in [-0.05, 0) is 109 Å². The number of amides is 5. The van der Waals surface area contributed by atoms with E-state index in [0.29, 0.717) is 43.6 Å². The molecule has 5 N–H and O–H groups in total. The fourth-order valence-electron chi connectivity index (χ4n) is 7.42. The minimum atomic E-state index is -1.04. The number of benzene rings is 2. The molecule has 0 aromatic heterocycles. The number of carbonyl (C=O) groups excluding carboxylic acids is 5. The highest BCUT2D eigenvalue weighted by atomic mass is 16.5. The van der Waals surface area contributed by atoms with Crippen LogP contribution in [-0.4, -0.2) is 110 Å². The van der Waals surface area contributed by atoms with E-state index in [1.807, 2.05) is 12.1 Å². The lowest BCUT2D eigenvalue weighted by molar-refractivity contribution is -0.145. The fourth-order valence-corrected chi connectivity index (χ4v) is 7.42. The molecule has 0 radical (unpaired) electrons. The van der Waals surface area contributed by atoms with Gasteiger partial charge in [0.05, 0.1) is 24.2 Å². The van der Waals surface area contributed by atoms with Crippen LogP contribution in [0.25, 0.3) is 0 Å². The van der Waals surface area contributed by atoms with E-state index < -0.39 is 36.3 Å². The number of hydrogen-bond donors (Lipinski definition) is 5. The second-order valence-electron chi connectivity index (χ2n) is 14.8. The van der Waals surface area contributed by atoms with Gasteiger partial charge in [-0.3, -0.25) is 24.0 Å². The Morgan fingerprint density at radius 2 is 1.47 bits per heavy atom. The molecule has 2 fully saturated rings. The Labute approximate surface area is 325 Å². The lowest BCUT2D eigenvalue weighted by atomic mass is 9.87. The summed E-state index contributed by atoms with van der Waals surface area (Å²) in [6.45, 7) is 6.87. The number of fused-ring (bicyclic) bond motifs is 1. The van der Waals surface area contributed by atoms with Crippen LogP contribution in [0.3, 0.4) is 0 Å². The summed E-state index contributed by atoms with van der Waals surface area (Å²) >= 11 is 0. The van der Waals surface area contributed by atoms with E-state index >= 15 is 0 Å². The smallest absolute Gasteiger partial charge is 0.249 e. The van der Waals surface area contributed by atoms with E-state index in [4.69, 9.17) is 4.74 Å². The van der Waals surface area contributed by atoms with Gasteiger partial charge in [-0.1, -0.05) is 48.2 Å². The van der Waals surface area contributed by atoms with Crippen LogP contribution in [0.1, 0.15) is 93.6 Å². The van der Waals surface area contributed by atoms with Gasteiger partial charge >= 0.3 is 0 Å². The number of hydrogen-bond acceptors (Lipinski definition) is 8. The molecular weight excluding hydrogens is 699 g/mol. The van der Waals surface area contributed by atoms with Gasteiger partial charge in [-0.15, -0.1) is 0 Å². The van der Waals surface area contributed by atoms with E-state index in [9.17, 15) is 24.0 Å². The third-order valence-corrected chi connectivity index (χ3v) is 11.1. The third-order valence-electron chi connectivity index (χ3n) is 11.1. The van der Waals surface area contributed by atoms with Crippen LogP contribution >= 0.6 is 0 Å². The van der Waals surface area contributed by atoms with Crippen molar-refractivity contribution in [1.29, 1.82) is 0 Å². The number of likely N-dealkylation sites (tertiary alicyclic amines) is 2. The maximum Gasteiger partial charge on any atom is 0.249 e. The average molecular weight is 756 g/mol. The fraction of sp³-hybridized carbons (Fsp3) is 0.548. The molecule has 5 rings (SSSR count). The Bertz CT molecular complexity index is 1730. The summed E-state index contributed by atoms with van der Waals surface area (Å²) in [4.78, 5) is 70.5. The minimum absolute atomic E-state index is 0.0246. The van der Waals surface area contributed by atoms with Gasteiger partial charge in [0.2, 0.25) is 29.5 Å². The van der Waals surface area contributed by atoms with Gasteiger partial charge in [0.15, 0.2) is 0 Å². The largest absolute Gasteiger partial charge is 0.363 e. The van der Waals surface area contributed by atoms with Crippen molar-refractivity contribution in [3.05, 3.63) is 70.8 Å². The number of aryl methyl sites for hydroxylation is 1. The molecule has 2 saturated heterocycles. The Balaban J connectivity index is 1.24. The third kappa shape index (κ3) is 10.5. The molecule has 0 unspecified atom stereocenters. The molecule has 296 valence electrons. The first-order valence-electron chi connectivity index (χ1n) is 19.7. The van der Waals surface area contributed by atoms with E-state index in [0.717, 1.165) is 37.7 Å². The molecule has 55 heavy (non-hydrogen) atoms. The second kappa shape index (κ2) is 19.7. The van der Waals surface area contributed by atoms with Gasteiger partial charge < -0.3 is 41.1 Å². The summed E-state index contributed by atoms with van der Waals surface area (Å²) in [5, 5.41) is 14.8. The van der Waals surface area contributed by atoms with Gasteiger partial charge in [-0.25, -0.2) is 0 Å². The molecule has 7 atom stereocenters. The topological polar surface area (TPSA) is 161 Å². The molecule has 0 saturated carbocycles. The Hall–Kier alpha value is -4.77. The monoisotopic (exact) mass is 755 g/mol. The molecule has 3 aliphatic rings. The number of carbonyl (C=O) groups is 5. The van der Waals surface area contributed by atoms with Crippen LogP contribution < -0.4 is 26.6 Å². The number of rotatable bonds is 14. The highest BCUT2D eigenvalue weighted by Crippen LogP contribution is 2.30. The molecule has 1 aliphatic carbocycles. The number of likely N-dealkylation sites (N-methyl/N-ethyl adjacent to an activating group) is 2. The van der Waals surface area contributed by atoms with Crippen molar-refractivity contribution >= 4 is 29.5 Å². The Kier molecular flexibility index (Phi) is 14.8. The highest BCUT2D eigenvalue weighted by Gasteiger charge is 2.41. The maximum atomic E-state index is 14.2. The molecule has 5 amide bonds. The van der Waals surface area contributed by atoms with Crippen molar-refractivity contribution < 1.29 is 28.7 Å². The predicted octanol–water partition coefficient (Wildman–Crippen LogP) is 2.11. The normalized spacial score (nSPS) is 20.5. The van der Waals surface area contributed by atoms with Crippen molar-refractivity contribution in [2.75, 3.05) is 40.3 Å². The number of nitrogens with zero attached hydrogens (tertiary/aromatic N) is 2. The van der Waals surface area contributed by atoms with Gasteiger partial charge in [0.1, 0.15) is 24.7 Å². The molecular formula is C42H57N7O6. The van der Waals surface area contributed by atoms with Gasteiger partial charge in [0, 0.05) is 25.2 Å². The Morgan fingerprint density at radius 1 is 0.800 bits per heavy atom. The molecule has 0 bridgehead atoms. The van der Waals surface area contributed by atoms with Crippen LogP contribution in [0.4, 0.5) is 0 Å². The molecule has 13 nitrogen and oxygen atoms in total. The molecule has 2 heterocycles. The van der Waals surface area contributed by atoms with Crippen LogP contribution in [0.15, 0.2) is 48.5 Å². The first kappa shape index (κ1) is 41.4. The second-order valence-corrected chi connectivity index (χ2v) is 14.8. The molecule has 2 aromatic carbocycles. The van der Waals surface area contributed by atoms with Crippen molar-refractivity contribution in [3.63, 3.8) is 0 Å². The highest BCUT2D eigenvalue weighted by molar-refractivity contribution is 5.94. The minimum Gasteiger partial charge on any atom is -0.363 e. The zero-order chi connectivity index (χ0) is 39.5. The number of ether oxygens (including phenoxy) is 1. The lowest BCUT2D eigenvalue weighted by Gasteiger charge is -2.33. The number of nitrogens with one attached hydrogen (secondary N) is 5. The average Bonchev–Trinajstić information content (AvgIpc) is 3.94. The van der Waals surface area contributed by atoms with Crippen molar-refractivity contribution in [2.24, 2.45) is 0 Å². The summed E-state index contributed by atoms with van der Waals surface area (Å²) in [6, 6.07) is 11.7. The quantitative estimate of drug-likeness (QED) is 0.184. The van der Waals surface area contributed by atoms with E-state index in [2.05, 4.69) is 50.6 Å². The first-order valence-corrected chi connectivity index (χ1v) is 19.7. The zero-order valence-corrected chi connectivity index (χ0v) is 32.8. The molecule has 13 heteroatoms. The summed E-state index contributed by atoms with van der Waals surface area (Å²) in [5.74, 6) is 4.74. The van der Waals surface area contributed by atoms with E-state index in [-0.39, 0.29) is 42.2 Å². The standard InChI is InChI=1S/C42H57N7O6/c1-27(43-4)38(50)46-36(42(54)49-25-11-18-35(49)40(52)45-34-17-10-15-31-14-6-7-16-33(31)34)29(3)55-26-12-13-30-19-21-32(22-20-30)37(47-39(51)28(2)44-5)41(53)48-23-8-9-24-48/h6-7,14,16,19-22,27-29,34-37,43-44H,8-11,15,17-18,23-26H2,1-5H3,(H,45,52)(H,46,50)(H,47,51)/t27-,28-,29-,34-,35-,36+,37+/m1/s1. The van der Waals surface area contributed by atoms with Gasteiger partial charge in [0.25, 0.3) is 0 Å². The van der Waals surface area contributed by atoms with Crippen LogP contribution in [0.2, 0.25) is 0 Å². The lowest BCUT2D eigenvalue weighted by Crippen LogP contribution is -2.59. The maximum absolute atomic E-state index is 14.2. The zero-order valence-electron chi connectivity index (χ0n) is 32.8. The summed E-state index contributed by atoms with van der Waals surface area (Å²) < 4.78 is 6.04. The van der Waals surface area contributed by atoms with Crippen molar-refractivity contribution in [3.8, 4) is 11.8 Å². The summed E-state index contributed by atoms with van der Waals surface area (Å²) in [6.07, 6.45) is 5.14. The SMILES string of the molecule is CN[C@H](C)C(=O)N[C@H](C(=O)N1CCCC1)c1ccc(C#CCO[C@H](C)[C@H](NC(=O)[C@@H](C)NC)C(=O)N2CCC[C@@H]2C(=O)N[C@@H]2CCCc3ccccc32)cc1. The van der Waals surface area contributed by atoms with Crippen LogP contribution in [0.5, 0.6) is 0 Å². The molecule has 2 aromatic rings. The summed E-state index contributed by atoms with van der Waals surface area (Å²) in [7, 11) is 3.36. The van der Waals surface area contributed by atoms with Crippen molar-refractivity contribution in [1.82, 2.24) is 36.4 Å². The van der Waals surface area contributed by atoms with Crippen molar-refractivity contribution in [2.45, 2.75) is 108 Å². The Morgan fingerprint density at radius 3 is 2.16 bits per heavy atom. The first-order chi connectivity index (χ1) is 26.5. The van der Waals surface area contributed by atoms with Crippen LogP contribution in [-0.2, 0) is 35.1 Å². The molecule has 2 aliphatic heterocycles. The summed E-state index contributed by atoms with van der Waals surface area (Å²) in [5.41, 5.74) is 3.71. The molecule has 0 spiro atoms. The van der Waals surface area contributed by atoms with Gasteiger partial charge in [-0.2, -0.15) is 0 Å².